The second-order valence-electron chi connectivity index (χ2n) is 7.11. The highest BCUT2D eigenvalue weighted by Crippen LogP contribution is 2.17. The number of anilines is 1. The van der Waals surface area contributed by atoms with E-state index < -0.39 is 0 Å². The number of aromatic nitrogens is 2. The van der Waals surface area contributed by atoms with E-state index in [1.165, 1.54) is 11.5 Å². The van der Waals surface area contributed by atoms with Gasteiger partial charge in [-0.25, -0.2) is 4.98 Å². The van der Waals surface area contributed by atoms with Gasteiger partial charge in [0.1, 0.15) is 17.3 Å². The van der Waals surface area contributed by atoms with Crippen molar-refractivity contribution in [2.75, 3.05) is 26.1 Å². The Bertz CT molecular complexity index is 958. The molecular weight excluding hydrogens is 412 g/mol. The van der Waals surface area contributed by atoms with Gasteiger partial charge < -0.3 is 20.1 Å². The van der Waals surface area contributed by atoms with Gasteiger partial charge in [-0.3, -0.25) is 4.79 Å². The van der Waals surface area contributed by atoms with Gasteiger partial charge in [0.2, 0.25) is 5.13 Å². The van der Waals surface area contributed by atoms with Gasteiger partial charge in [-0.05, 0) is 48.4 Å². The minimum absolute atomic E-state index is 0.00598. The molecule has 2 N–H and O–H groups in total. The van der Waals surface area contributed by atoms with Crippen LogP contribution in [0.25, 0.3) is 0 Å². The highest BCUT2D eigenvalue weighted by molar-refractivity contribution is 7.09. The second kappa shape index (κ2) is 11.3. The third-order valence-electron chi connectivity index (χ3n) is 4.81. The first kappa shape index (κ1) is 22.6. The van der Waals surface area contributed by atoms with Crippen molar-refractivity contribution in [2.45, 2.75) is 32.2 Å². The summed E-state index contributed by atoms with van der Waals surface area (Å²) in [4.78, 5) is 17.2. The Kier molecular flexibility index (Phi) is 8.23. The number of carbonyl (C=O) groups is 1. The van der Waals surface area contributed by atoms with Crippen molar-refractivity contribution >= 4 is 22.6 Å². The third-order valence-corrected chi connectivity index (χ3v) is 5.52. The number of hydrogen-bond donors (Lipinski definition) is 2. The predicted molar refractivity (Wildman–Crippen MR) is 123 cm³/mol. The number of methoxy groups -OCH3 is 2. The summed E-state index contributed by atoms with van der Waals surface area (Å²) in [5, 5.41) is 7.17. The molecule has 0 bridgehead atoms. The van der Waals surface area contributed by atoms with E-state index in [9.17, 15) is 4.79 Å². The molecule has 0 aliphatic rings. The van der Waals surface area contributed by atoms with Crippen molar-refractivity contribution in [3.63, 3.8) is 0 Å². The number of amides is 1. The maximum Gasteiger partial charge on any atom is 0.251 e. The fourth-order valence-corrected chi connectivity index (χ4v) is 3.71. The molecule has 0 radical (unpaired) electrons. The minimum Gasteiger partial charge on any atom is -0.497 e. The number of nitrogens with zero attached hydrogens (tertiary/aromatic N) is 2. The standard InChI is InChI=1S/C23H28N4O3S/c1-4-5-18(25-22(28)17-8-12-20(30-3)13-9-17)15-24-23-26-21(27-31-23)14-16-6-10-19(29-2)11-7-16/h6-13,18H,4-5,14-15H2,1-3H3,(H,25,28)(H,24,26,27). The zero-order valence-corrected chi connectivity index (χ0v) is 18.9. The van der Waals surface area contributed by atoms with Gasteiger partial charge in [-0.15, -0.1) is 0 Å². The first-order valence-electron chi connectivity index (χ1n) is 10.3. The average Bonchev–Trinajstić information content (AvgIpc) is 3.25. The number of nitrogens with one attached hydrogen (secondary N) is 2. The van der Waals surface area contributed by atoms with Crippen molar-refractivity contribution in [3.05, 3.63) is 65.5 Å². The molecule has 7 nitrogen and oxygen atoms in total. The van der Waals surface area contributed by atoms with Crippen LogP contribution in [-0.2, 0) is 6.42 Å². The van der Waals surface area contributed by atoms with E-state index in [-0.39, 0.29) is 11.9 Å². The molecule has 1 amide bonds. The zero-order chi connectivity index (χ0) is 22.1. The normalized spacial score (nSPS) is 11.6. The van der Waals surface area contributed by atoms with Crippen LogP contribution in [-0.4, -0.2) is 42.1 Å². The van der Waals surface area contributed by atoms with Crippen LogP contribution in [0.15, 0.2) is 48.5 Å². The lowest BCUT2D eigenvalue weighted by atomic mass is 10.1. The van der Waals surface area contributed by atoms with E-state index in [1.807, 2.05) is 24.3 Å². The summed E-state index contributed by atoms with van der Waals surface area (Å²) in [6.45, 7) is 2.69. The van der Waals surface area contributed by atoms with Crippen LogP contribution < -0.4 is 20.1 Å². The predicted octanol–water partition coefficient (Wildman–Crippen LogP) is 4.16. The molecule has 1 aromatic heterocycles. The van der Waals surface area contributed by atoms with E-state index in [0.29, 0.717) is 18.5 Å². The molecule has 0 spiro atoms. The SMILES string of the molecule is CCCC(CNc1nc(Cc2ccc(OC)cc2)ns1)NC(=O)c1ccc(OC)cc1. The fourth-order valence-electron chi connectivity index (χ4n) is 3.12. The van der Waals surface area contributed by atoms with Crippen LogP contribution in [0.5, 0.6) is 11.5 Å². The Balaban J connectivity index is 1.53. The Hall–Kier alpha value is -3.13. The summed E-state index contributed by atoms with van der Waals surface area (Å²) in [5.74, 6) is 2.23. The highest BCUT2D eigenvalue weighted by atomic mass is 32.1. The molecule has 3 aromatic rings. The van der Waals surface area contributed by atoms with Crippen LogP contribution in [0.1, 0.15) is 41.5 Å². The van der Waals surface area contributed by atoms with Gasteiger partial charge in [0.15, 0.2) is 0 Å². The molecule has 31 heavy (non-hydrogen) atoms. The third kappa shape index (κ3) is 6.68. The van der Waals surface area contributed by atoms with Crippen LogP contribution in [0.2, 0.25) is 0 Å². The van der Waals surface area contributed by atoms with Gasteiger partial charge in [0.05, 0.1) is 14.2 Å². The first-order chi connectivity index (χ1) is 15.1. The van der Waals surface area contributed by atoms with E-state index >= 15 is 0 Å². The summed E-state index contributed by atoms with van der Waals surface area (Å²) < 4.78 is 14.8. The average molecular weight is 441 g/mol. The Morgan fingerprint density at radius 3 is 2.29 bits per heavy atom. The molecular formula is C23H28N4O3S. The molecule has 1 heterocycles. The Labute approximate surface area is 187 Å². The minimum atomic E-state index is -0.0969. The van der Waals surface area contributed by atoms with Crippen molar-refractivity contribution in [3.8, 4) is 11.5 Å². The maximum atomic E-state index is 12.6. The smallest absolute Gasteiger partial charge is 0.251 e. The van der Waals surface area contributed by atoms with Gasteiger partial charge in [-0.2, -0.15) is 4.37 Å². The number of hydrogen-bond acceptors (Lipinski definition) is 7. The fraction of sp³-hybridized carbons (Fsp3) is 0.348. The van der Waals surface area contributed by atoms with Gasteiger partial charge in [0.25, 0.3) is 5.91 Å². The summed E-state index contributed by atoms with van der Waals surface area (Å²) >= 11 is 1.33. The number of benzene rings is 2. The number of carbonyl (C=O) groups excluding carboxylic acids is 1. The zero-order valence-electron chi connectivity index (χ0n) is 18.1. The molecule has 0 saturated heterocycles. The van der Waals surface area contributed by atoms with Gasteiger partial charge in [-0.1, -0.05) is 25.5 Å². The van der Waals surface area contributed by atoms with Crippen LogP contribution in [0, 0.1) is 0 Å². The van der Waals surface area contributed by atoms with Crippen molar-refractivity contribution in [1.82, 2.24) is 14.7 Å². The van der Waals surface area contributed by atoms with E-state index in [0.717, 1.165) is 40.9 Å². The summed E-state index contributed by atoms with van der Waals surface area (Å²) in [5.41, 5.74) is 1.74. The van der Waals surface area contributed by atoms with Gasteiger partial charge >= 0.3 is 0 Å². The molecule has 0 aliphatic heterocycles. The summed E-state index contributed by atoms with van der Waals surface area (Å²) in [6, 6.07) is 15.0. The molecule has 1 unspecified atom stereocenters. The topological polar surface area (TPSA) is 85.4 Å². The molecule has 0 aliphatic carbocycles. The summed E-state index contributed by atoms with van der Waals surface area (Å²) in [7, 11) is 3.26. The van der Waals surface area contributed by atoms with Crippen molar-refractivity contribution in [2.24, 2.45) is 0 Å². The monoisotopic (exact) mass is 440 g/mol. The number of ether oxygens (including phenoxy) is 2. The largest absolute Gasteiger partial charge is 0.497 e. The maximum absolute atomic E-state index is 12.6. The summed E-state index contributed by atoms with van der Waals surface area (Å²) in [6.07, 6.45) is 2.50. The van der Waals surface area contributed by atoms with E-state index in [4.69, 9.17) is 9.47 Å². The van der Waals surface area contributed by atoms with Crippen LogP contribution in [0.4, 0.5) is 5.13 Å². The molecule has 3 rings (SSSR count). The lowest BCUT2D eigenvalue weighted by molar-refractivity contribution is 0.0937. The second-order valence-corrected chi connectivity index (χ2v) is 7.86. The molecule has 1 atom stereocenters. The van der Waals surface area contributed by atoms with Crippen molar-refractivity contribution in [1.29, 1.82) is 0 Å². The molecule has 0 saturated carbocycles. The quantitative estimate of drug-likeness (QED) is 0.466. The van der Waals surface area contributed by atoms with Crippen LogP contribution >= 0.6 is 11.5 Å². The molecule has 8 heteroatoms. The van der Waals surface area contributed by atoms with Crippen molar-refractivity contribution < 1.29 is 14.3 Å². The Morgan fingerprint density at radius 2 is 1.68 bits per heavy atom. The van der Waals surface area contributed by atoms with E-state index in [2.05, 4.69) is 26.9 Å². The first-order valence-corrected chi connectivity index (χ1v) is 11.0. The van der Waals surface area contributed by atoms with Gasteiger partial charge in [0, 0.05) is 36.1 Å². The van der Waals surface area contributed by atoms with E-state index in [1.54, 1.807) is 38.5 Å². The lowest BCUT2D eigenvalue weighted by Gasteiger charge is -2.18. The Morgan fingerprint density at radius 1 is 1.03 bits per heavy atom. The van der Waals surface area contributed by atoms with Crippen LogP contribution in [0.3, 0.4) is 0 Å². The number of rotatable bonds is 11. The molecule has 0 fully saturated rings. The molecule has 2 aromatic carbocycles. The lowest BCUT2D eigenvalue weighted by Crippen LogP contribution is -2.39. The highest BCUT2D eigenvalue weighted by Gasteiger charge is 2.14. The molecule has 164 valence electrons.